The van der Waals surface area contributed by atoms with Gasteiger partial charge in [-0.3, -0.25) is 0 Å². The molecule has 2 aromatic carbocycles. The second kappa shape index (κ2) is 9.92. The van der Waals surface area contributed by atoms with Gasteiger partial charge in [-0.25, -0.2) is 0 Å². The SMILES string of the molecule is CC(C)COc1ccc(CN)c(Cc2ccccc2CO[Si](C)(C)C(C)(C)C)c1. The lowest BCUT2D eigenvalue weighted by Gasteiger charge is -2.36. The van der Waals surface area contributed by atoms with E-state index >= 15 is 0 Å². The quantitative estimate of drug-likeness (QED) is 0.491. The minimum absolute atomic E-state index is 0.205. The summed E-state index contributed by atoms with van der Waals surface area (Å²) in [5.74, 6) is 1.42. The van der Waals surface area contributed by atoms with Crippen molar-refractivity contribution in [2.24, 2.45) is 11.7 Å². The van der Waals surface area contributed by atoms with E-state index < -0.39 is 8.32 Å². The lowest BCUT2D eigenvalue weighted by molar-refractivity contribution is 0.270. The third kappa shape index (κ3) is 6.70. The fourth-order valence-corrected chi connectivity index (χ4v) is 3.82. The normalized spacial score (nSPS) is 12.4. The molecular formula is C25H39NO2Si. The standard InChI is InChI=1S/C25H39NO2Si/c1-19(2)17-27-24-13-12-21(16-26)23(15-24)14-20-10-8-9-11-22(20)18-28-29(6,7)25(3,4)5/h8-13,15,19H,14,16-18,26H2,1-7H3. The highest BCUT2D eigenvalue weighted by Gasteiger charge is 2.37. The number of hydrogen-bond donors (Lipinski definition) is 1. The van der Waals surface area contributed by atoms with Crippen LogP contribution < -0.4 is 10.5 Å². The molecular weight excluding hydrogens is 374 g/mol. The molecule has 2 aromatic rings. The van der Waals surface area contributed by atoms with Crippen LogP contribution in [0.1, 0.15) is 56.9 Å². The number of rotatable bonds is 9. The fraction of sp³-hybridized carbons (Fsp3) is 0.520. The molecule has 0 amide bonds. The molecule has 0 saturated heterocycles. The maximum absolute atomic E-state index is 6.49. The Hall–Kier alpha value is -1.62. The van der Waals surface area contributed by atoms with Gasteiger partial charge >= 0.3 is 0 Å². The van der Waals surface area contributed by atoms with Crippen molar-refractivity contribution in [1.82, 2.24) is 0 Å². The molecule has 0 saturated carbocycles. The highest BCUT2D eigenvalue weighted by Crippen LogP contribution is 2.37. The minimum atomic E-state index is -1.79. The molecule has 0 bridgehead atoms. The lowest BCUT2D eigenvalue weighted by atomic mass is 9.96. The molecule has 0 aliphatic heterocycles. The molecule has 0 spiro atoms. The van der Waals surface area contributed by atoms with Gasteiger partial charge in [0.2, 0.25) is 0 Å². The van der Waals surface area contributed by atoms with Crippen molar-refractivity contribution in [2.45, 2.75) is 72.3 Å². The second-order valence-electron chi connectivity index (χ2n) is 9.83. The number of nitrogens with two attached hydrogens (primary N) is 1. The van der Waals surface area contributed by atoms with E-state index in [0.29, 0.717) is 19.1 Å². The highest BCUT2D eigenvalue weighted by atomic mass is 28.4. The van der Waals surface area contributed by atoms with Crippen LogP contribution in [0.4, 0.5) is 0 Å². The zero-order chi connectivity index (χ0) is 21.7. The number of benzene rings is 2. The Bertz CT molecular complexity index is 794. The molecule has 0 heterocycles. The Morgan fingerprint density at radius 2 is 1.59 bits per heavy atom. The smallest absolute Gasteiger partial charge is 0.192 e. The van der Waals surface area contributed by atoms with Crippen LogP contribution in [0.5, 0.6) is 5.75 Å². The van der Waals surface area contributed by atoms with Gasteiger partial charge in [-0.2, -0.15) is 0 Å². The Kier molecular flexibility index (Phi) is 8.09. The Morgan fingerprint density at radius 1 is 0.931 bits per heavy atom. The summed E-state index contributed by atoms with van der Waals surface area (Å²) >= 11 is 0. The van der Waals surface area contributed by atoms with E-state index in [2.05, 4.69) is 84.1 Å². The largest absolute Gasteiger partial charge is 0.493 e. The molecule has 0 unspecified atom stereocenters. The first kappa shape index (κ1) is 23.7. The van der Waals surface area contributed by atoms with Crippen molar-refractivity contribution in [3.8, 4) is 5.75 Å². The Morgan fingerprint density at radius 3 is 2.17 bits per heavy atom. The molecule has 2 N–H and O–H groups in total. The monoisotopic (exact) mass is 413 g/mol. The molecule has 29 heavy (non-hydrogen) atoms. The zero-order valence-corrected chi connectivity index (χ0v) is 20.3. The molecule has 0 aliphatic carbocycles. The minimum Gasteiger partial charge on any atom is -0.493 e. The molecule has 2 rings (SSSR count). The van der Waals surface area contributed by atoms with Gasteiger partial charge in [-0.05, 0) is 64.9 Å². The predicted octanol–water partition coefficient (Wildman–Crippen LogP) is 6.29. The van der Waals surface area contributed by atoms with E-state index in [-0.39, 0.29) is 5.04 Å². The summed E-state index contributed by atoms with van der Waals surface area (Å²) < 4.78 is 12.4. The van der Waals surface area contributed by atoms with Crippen molar-refractivity contribution in [3.05, 3.63) is 64.7 Å². The van der Waals surface area contributed by atoms with Crippen LogP contribution >= 0.6 is 0 Å². The van der Waals surface area contributed by atoms with E-state index in [1.165, 1.54) is 22.3 Å². The van der Waals surface area contributed by atoms with Crippen molar-refractivity contribution < 1.29 is 9.16 Å². The highest BCUT2D eigenvalue weighted by molar-refractivity contribution is 6.74. The topological polar surface area (TPSA) is 44.5 Å². The fourth-order valence-electron chi connectivity index (χ4n) is 2.87. The third-order valence-corrected chi connectivity index (χ3v) is 10.4. The molecule has 0 aromatic heterocycles. The maximum atomic E-state index is 6.49. The summed E-state index contributed by atoms with van der Waals surface area (Å²) in [6.45, 7) is 17.7. The van der Waals surface area contributed by atoms with Crippen LogP contribution in [0.15, 0.2) is 42.5 Å². The van der Waals surface area contributed by atoms with Crippen molar-refractivity contribution >= 4 is 8.32 Å². The predicted molar refractivity (Wildman–Crippen MR) is 126 cm³/mol. The van der Waals surface area contributed by atoms with Crippen LogP contribution in [-0.4, -0.2) is 14.9 Å². The van der Waals surface area contributed by atoms with Gasteiger partial charge in [0.05, 0.1) is 13.2 Å². The van der Waals surface area contributed by atoms with Crippen LogP contribution in [-0.2, 0) is 24.0 Å². The van der Waals surface area contributed by atoms with Crippen LogP contribution in [0.3, 0.4) is 0 Å². The summed E-state index contributed by atoms with van der Waals surface area (Å²) in [6.07, 6.45) is 0.836. The zero-order valence-electron chi connectivity index (χ0n) is 19.3. The van der Waals surface area contributed by atoms with Gasteiger partial charge in [-0.15, -0.1) is 0 Å². The first-order valence-corrected chi connectivity index (χ1v) is 13.6. The second-order valence-corrected chi connectivity index (χ2v) is 14.6. The van der Waals surface area contributed by atoms with Gasteiger partial charge in [0.15, 0.2) is 8.32 Å². The van der Waals surface area contributed by atoms with Crippen molar-refractivity contribution in [1.29, 1.82) is 0 Å². The van der Waals surface area contributed by atoms with E-state index in [4.69, 9.17) is 14.9 Å². The molecule has 160 valence electrons. The van der Waals surface area contributed by atoms with Gasteiger partial charge < -0.3 is 14.9 Å². The van der Waals surface area contributed by atoms with Gasteiger partial charge in [0.1, 0.15) is 5.75 Å². The summed E-state index contributed by atoms with van der Waals surface area (Å²) in [5, 5.41) is 0.205. The van der Waals surface area contributed by atoms with Gasteiger partial charge in [0.25, 0.3) is 0 Å². The molecule has 4 heteroatoms. The van der Waals surface area contributed by atoms with Crippen molar-refractivity contribution in [2.75, 3.05) is 6.61 Å². The summed E-state index contributed by atoms with van der Waals surface area (Å²) in [4.78, 5) is 0. The van der Waals surface area contributed by atoms with E-state index in [1.54, 1.807) is 0 Å². The van der Waals surface area contributed by atoms with Gasteiger partial charge in [-0.1, -0.05) is 65.0 Å². The lowest BCUT2D eigenvalue weighted by Crippen LogP contribution is -2.40. The van der Waals surface area contributed by atoms with Crippen LogP contribution in [0.2, 0.25) is 18.1 Å². The maximum Gasteiger partial charge on any atom is 0.192 e. The van der Waals surface area contributed by atoms with E-state index in [9.17, 15) is 0 Å². The first-order chi connectivity index (χ1) is 13.5. The van der Waals surface area contributed by atoms with Crippen LogP contribution in [0.25, 0.3) is 0 Å². The van der Waals surface area contributed by atoms with Crippen molar-refractivity contribution in [3.63, 3.8) is 0 Å². The van der Waals surface area contributed by atoms with Crippen LogP contribution in [0, 0.1) is 5.92 Å². The first-order valence-electron chi connectivity index (χ1n) is 10.7. The number of ether oxygens (including phenoxy) is 1. The van der Waals surface area contributed by atoms with E-state index in [1.807, 2.05) is 6.07 Å². The molecule has 3 nitrogen and oxygen atoms in total. The molecule has 0 aliphatic rings. The molecule has 0 atom stereocenters. The summed E-state index contributed by atoms with van der Waals surface area (Å²) in [5.41, 5.74) is 11.0. The Balaban J connectivity index is 2.23. The number of hydrogen-bond acceptors (Lipinski definition) is 3. The average molecular weight is 414 g/mol. The van der Waals surface area contributed by atoms with Gasteiger partial charge in [0, 0.05) is 6.54 Å². The van der Waals surface area contributed by atoms with E-state index in [0.717, 1.165) is 18.8 Å². The third-order valence-electron chi connectivity index (χ3n) is 5.87. The Labute approximate surface area is 178 Å². The summed E-state index contributed by atoms with van der Waals surface area (Å²) in [6, 6.07) is 14.9. The molecule has 0 radical (unpaired) electrons. The molecule has 0 fully saturated rings. The average Bonchev–Trinajstić information content (AvgIpc) is 2.65. The summed E-state index contributed by atoms with van der Waals surface area (Å²) in [7, 11) is -1.79.